The molecule has 0 fully saturated rings. The van der Waals surface area contributed by atoms with E-state index in [1.54, 1.807) is 19.4 Å². The molecule has 0 aliphatic rings. The van der Waals surface area contributed by atoms with E-state index in [0.29, 0.717) is 0 Å². The summed E-state index contributed by atoms with van der Waals surface area (Å²) in [5.74, 6) is -0.0324. The third kappa shape index (κ3) is 3.63. The van der Waals surface area contributed by atoms with Crippen LogP contribution in [0.15, 0.2) is 54.9 Å². The Kier molecular flexibility index (Phi) is 4.64. The first-order valence-corrected chi connectivity index (χ1v) is 6.20. The standard InChI is InChI=1S/C15H17N3O/c1-16-14(19)11-18-15(12-5-3-2-4-6-12)13-7-9-17-10-8-13/h2-10,15,18H,11H2,1H3,(H,16,19). The van der Waals surface area contributed by atoms with E-state index in [1.165, 1.54) is 0 Å². The zero-order chi connectivity index (χ0) is 13.5. The van der Waals surface area contributed by atoms with Crippen molar-refractivity contribution in [3.05, 3.63) is 66.0 Å². The van der Waals surface area contributed by atoms with Gasteiger partial charge >= 0.3 is 0 Å². The first-order valence-electron chi connectivity index (χ1n) is 6.20. The molecule has 4 heteroatoms. The highest BCUT2D eigenvalue weighted by atomic mass is 16.1. The number of carbonyl (C=O) groups excluding carboxylic acids is 1. The van der Waals surface area contributed by atoms with Crippen molar-refractivity contribution >= 4 is 5.91 Å². The third-order valence-corrected chi connectivity index (χ3v) is 2.92. The lowest BCUT2D eigenvalue weighted by Crippen LogP contribution is -2.34. The maximum absolute atomic E-state index is 11.4. The van der Waals surface area contributed by atoms with Crippen molar-refractivity contribution in [3.63, 3.8) is 0 Å². The number of hydrogen-bond acceptors (Lipinski definition) is 3. The van der Waals surface area contributed by atoms with Crippen molar-refractivity contribution in [1.82, 2.24) is 15.6 Å². The van der Waals surface area contributed by atoms with E-state index in [1.807, 2.05) is 42.5 Å². The minimum Gasteiger partial charge on any atom is -0.358 e. The van der Waals surface area contributed by atoms with Gasteiger partial charge in [-0.2, -0.15) is 0 Å². The predicted octanol–water partition coefficient (Wildman–Crippen LogP) is 1.51. The summed E-state index contributed by atoms with van der Waals surface area (Å²) in [6.07, 6.45) is 3.51. The highest BCUT2D eigenvalue weighted by Crippen LogP contribution is 2.20. The molecular formula is C15H17N3O. The lowest BCUT2D eigenvalue weighted by Gasteiger charge is -2.19. The summed E-state index contributed by atoms with van der Waals surface area (Å²) >= 11 is 0. The zero-order valence-electron chi connectivity index (χ0n) is 10.8. The van der Waals surface area contributed by atoms with Crippen LogP contribution < -0.4 is 10.6 Å². The van der Waals surface area contributed by atoms with Gasteiger partial charge in [0.15, 0.2) is 0 Å². The molecule has 0 spiro atoms. The van der Waals surface area contributed by atoms with Crippen molar-refractivity contribution < 1.29 is 4.79 Å². The fourth-order valence-electron chi connectivity index (χ4n) is 1.91. The maximum Gasteiger partial charge on any atom is 0.233 e. The average Bonchev–Trinajstić information content (AvgIpc) is 2.49. The van der Waals surface area contributed by atoms with Gasteiger partial charge in [0.2, 0.25) is 5.91 Å². The van der Waals surface area contributed by atoms with Gasteiger partial charge < -0.3 is 5.32 Å². The Bertz CT molecular complexity index is 474. The molecule has 2 aromatic rings. The number of hydrogen-bond donors (Lipinski definition) is 2. The smallest absolute Gasteiger partial charge is 0.233 e. The molecule has 0 radical (unpaired) electrons. The van der Waals surface area contributed by atoms with Crippen molar-refractivity contribution in [2.75, 3.05) is 13.6 Å². The monoisotopic (exact) mass is 255 g/mol. The van der Waals surface area contributed by atoms with Crippen molar-refractivity contribution in [2.45, 2.75) is 6.04 Å². The number of pyridine rings is 1. The van der Waals surface area contributed by atoms with Crippen LogP contribution >= 0.6 is 0 Å². The van der Waals surface area contributed by atoms with E-state index in [9.17, 15) is 4.79 Å². The topological polar surface area (TPSA) is 54.0 Å². The second-order valence-corrected chi connectivity index (χ2v) is 4.18. The van der Waals surface area contributed by atoms with Crippen molar-refractivity contribution in [2.24, 2.45) is 0 Å². The number of benzene rings is 1. The molecule has 2 N–H and O–H groups in total. The molecule has 0 aliphatic carbocycles. The first kappa shape index (κ1) is 13.2. The molecule has 1 unspecified atom stereocenters. The molecule has 0 saturated carbocycles. The third-order valence-electron chi connectivity index (χ3n) is 2.92. The van der Waals surface area contributed by atoms with Gasteiger partial charge in [-0.15, -0.1) is 0 Å². The van der Waals surface area contributed by atoms with Crippen LogP contribution in [-0.2, 0) is 4.79 Å². The van der Waals surface area contributed by atoms with Crippen LogP contribution in [0.3, 0.4) is 0 Å². The van der Waals surface area contributed by atoms with E-state index >= 15 is 0 Å². The Labute approximate surface area is 112 Å². The highest BCUT2D eigenvalue weighted by Gasteiger charge is 2.14. The molecule has 1 amide bonds. The van der Waals surface area contributed by atoms with Gasteiger partial charge in [0.05, 0.1) is 12.6 Å². The number of nitrogens with zero attached hydrogens (tertiary/aromatic N) is 1. The zero-order valence-corrected chi connectivity index (χ0v) is 10.8. The van der Waals surface area contributed by atoms with Crippen molar-refractivity contribution in [1.29, 1.82) is 0 Å². The van der Waals surface area contributed by atoms with E-state index in [-0.39, 0.29) is 18.5 Å². The first-order chi connectivity index (χ1) is 9.31. The second-order valence-electron chi connectivity index (χ2n) is 4.18. The molecule has 98 valence electrons. The lowest BCUT2D eigenvalue weighted by molar-refractivity contribution is -0.119. The average molecular weight is 255 g/mol. The summed E-state index contributed by atoms with van der Waals surface area (Å²) in [5.41, 5.74) is 2.21. The summed E-state index contributed by atoms with van der Waals surface area (Å²) < 4.78 is 0. The summed E-state index contributed by atoms with van der Waals surface area (Å²) in [6, 6.07) is 13.9. The Hall–Kier alpha value is -2.20. The van der Waals surface area contributed by atoms with E-state index in [2.05, 4.69) is 15.6 Å². The fourth-order valence-corrected chi connectivity index (χ4v) is 1.91. The number of amides is 1. The number of nitrogens with one attached hydrogen (secondary N) is 2. The van der Waals surface area contributed by atoms with Gasteiger partial charge in [-0.25, -0.2) is 0 Å². The van der Waals surface area contributed by atoms with Gasteiger partial charge in [-0.3, -0.25) is 15.1 Å². The summed E-state index contributed by atoms with van der Waals surface area (Å²) in [7, 11) is 1.63. The Morgan fingerprint density at radius 1 is 1.11 bits per heavy atom. The summed E-state index contributed by atoms with van der Waals surface area (Å²) in [5, 5.41) is 5.87. The number of aromatic nitrogens is 1. The van der Waals surface area contributed by atoms with Crippen LogP contribution in [0.5, 0.6) is 0 Å². The molecule has 1 atom stereocenters. The summed E-state index contributed by atoms with van der Waals surface area (Å²) in [4.78, 5) is 15.4. The van der Waals surface area contributed by atoms with E-state index in [4.69, 9.17) is 0 Å². The minimum atomic E-state index is -0.0324. The van der Waals surface area contributed by atoms with Crippen LogP contribution in [0.2, 0.25) is 0 Å². The van der Waals surface area contributed by atoms with Crippen LogP contribution in [0.4, 0.5) is 0 Å². The Balaban J connectivity index is 2.21. The van der Waals surface area contributed by atoms with Crippen LogP contribution in [0, 0.1) is 0 Å². The fraction of sp³-hybridized carbons (Fsp3) is 0.200. The van der Waals surface area contributed by atoms with E-state index in [0.717, 1.165) is 11.1 Å². The van der Waals surface area contributed by atoms with Crippen LogP contribution in [0.25, 0.3) is 0 Å². The highest BCUT2D eigenvalue weighted by molar-refractivity contribution is 5.77. The second kappa shape index (κ2) is 6.66. The number of likely N-dealkylation sites (N-methyl/N-ethyl adjacent to an activating group) is 1. The van der Waals surface area contributed by atoms with Gasteiger partial charge in [0, 0.05) is 19.4 Å². The minimum absolute atomic E-state index is 0.0125. The molecule has 1 heterocycles. The van der Waals surface area contributed by atoms with Gasteiger partial charge in [0.25, 0.3) is 0 Å². The van der Waals surface area contributed by atoms with Crippen molar-refractivity contribution in [3.8, 4) is 0 Å². The van der Waals surface area contributed by atoms with Gasteiger partial charge in [-0.05, 0) is 23.3 Å². The largest absolute Gasteiger partial charge is 0.358 e. The van der Waals surface area contributed by atoms with Gasteiger partial charge in [0.1, 0.15) is 0 Å². The summed E-state index contributed by atoms with van der Waals surface area (Å²) in [6.45, 7) is 0.276. The molecule has 1 aromatic heterocycles. The number of carbonyl (C=O) groups is 1. The molecule has 4 nitrogen and oxygen atoms in total. The Morgan fingerprint density at radius 3 is 2.37 bits per heavy atom. The van der Waals surface area contributed by atoms with Crippen LogP contribution in [-0.4, -0.2) is 24.5 Å². The SMILES string of the molecule is CNC(=O)CNC(c1ccccc1)c1ccncc1. The van der Waals surface area contributed by atoms with Gasteiger partial charge in [-0.1, -0.05) is 30.3 Å². The normalized spacial score (nSPS) is 11.8. The quantitative estimate of drug-likeness (QED) is 0.851. The number of rotatable bonds is 5. The molecule has 2 rings (SSSR count). The predicted molar refractivity (Wildman–Crippen MR) is 74.6 cm³/mol. The van der Waals surface area contributed by atoms with Crippen LogP contribution in [0.1, 0.15) is 17.2 Å². The molecule has 19 heavy (non-hydrogen) atoms. The Morgan fingerprint density at radius 2 is 1.74 bits per heavy atom. The molecular weight excluding hydrogens is 238 g/mol. The molecule has 0 saturated heterocycles. The maximum atomic E-state index is 11.4. The molecule has 1 aromatic carbocycles. The molecule has 0 aliphatic heterocycles. The molecule has 0 bridgehead atoms. The lowest BCUT2D eigenvalue weighted by atomic mass is 10.00. The van der Waals surface area contributed by atoms with E-state index < -0.39 is 0 Å².